The van der Waals surface area contributed by atoms with Crippen LogP contribution in [0.25, 0.3) is 0 Å². The number of aromatic nitrogens is 2. The first-order valence-corrected chi connectivity index (χ1v) is 10.2. The zero-order valence-corrected chi connectivity index (χ0v) is 16.3. The first-order chi connectivity index (χ1) is 13.8. The minimum atomic E-state index is -0.0870. The highest BCUT2D eigenvalue weighted by Crippen LogP contribution is 2.15. The van der Waals surface area contributed by atoms with Crippen LogP contribution in [0.4, 0.5) is 5.69 Å². The molecule has 0 spiro atoms. The largest absolute Gasteiger partial charge is 0.379 e. The summed E-state index contributed by atoms with van der Waals surface area (Å²) >= 11 is 0. The van der Waals surface area contributed by atoms with Crippen LogP contribution in [0.5, 0.6) is 0 Å². The fourth-order valence-electron chi connectivity index (χ4n) is 3.83. The lowest BCUT2D eigenvalue weighted by molar-refractivity contribution is 0.0360. The minimum Gasteiger partial charge on any atom is -0.379 e. The molecule has 1 aromatic heterocycles. The van der Waals surface area contributed by atoms with Gasteiger partial charge in [0.1, 0.15) is 0 Å². The highest BCUT2D eigenvalue weighted by atomic mass is 16.5. The number of ether oxygens (including phenoxy) is 1. The number of amides is 1. The molecule has 1 aromatic carbocycles. The van der Waals surface area contributed by atoms with Gasteiger partial charge in [-0.3, -0.25) is 19.3 Å². The molecule has 7 heteroatoms. The maximum atomic E-state index is 12.6. The van der Waals surface area contributed by atoms with Gasteiger partial charge in [0.05, 0.1) is 31.6 Å². The van der Waals surface area contributed by atoms with E-state index < -0.39 is 0 Å². The quantitative estimate of drug-likeness (QED) is 0.793. The first-order valence-electron chi connectivity index (χ1n) is 10.2. The van der Waals surface area contributed by atoms with Crippen molar-refractivity contribution in [2.75, 3.05) is 51.3 Å². The van der Waals surface area contributed by atoms with Crippen LogP contribution in [0, 0.1) is 0 Å². The molecular formula is C21H29N5O2. The number of benzene rings is 1. The van der Waals surface area contributed by atoms with E-state index in [1.807, 2.05) is 29.1 Å². The fourth-order valence-corrected chi connectivity index (χ4v) is 3.83. The highest BCUT2D eigenvalue weighted by Gasteiger charge is 2.14. The number of anilines is 1. The smallest absolute Gasteiger partial charge is 0.255 e. The fraction of sp³-hybridized carbons (Fsp3) is 0.524. The Morgan fingerprint density at radius 2 is 1.89 bits per heavy atom. The number of nitrogens with one attached hydrogen (secondary N) is 1. The van der Waals surface area contributed by atoms with Crippen molar-refractivity contribution in [2.45, 2.75) is 25.9 Å². The van der Waals surface area contributed by atoms with E-state index >= 15 is 0 Å². The zero-order valence-electron chi connectivity index (χ0n) is 16.3. The van der Waals surface area contributed by atoms with E-state index in [9.17, 15) is 4.79 Å². The Morgan fingerprint density at radius 3 is 2.71 bits per heavy atom. The average Bonchev–Trinajstić information content (AvgIpc) is 3.39. The summed E-state index contributed by atoms with van der Waals surface area (Å²) in [5.41, 5.74) is 2.62. The van der Waals surface area contributed by atoms with Gasteiger partial charge in [0.2, 0.25) is 0 Å². The van der Waals surface area contributed by atoms with Crippen molar-refractivity contribution in [2.24, 2.45) is 0 Å². The third kappa shape index (κ3) is 5.19. The maximum Gasteiger partial charge on any atom is 0.255 e. The molecule has 0 aliphatic carbocycles. The van der Waals surface area contributed by atoms with E-state index in [-0.39, 0.29) is 5.91 Å². The third-order valence-electron chi connectivity index (χ3n) is 5.43. The monoisotopic (exact) mass is 383 g/mol. The number of likely N-dealkylation sites (tertiary alicyclic amines) is 1. The number of morpholine rings is 1. The second-order valence-corrected chi connectivity index (χ2v) is 7.58. The summed E-state index contributed by atoms with van der Waals surface area (Å²) < 4.78 is 7.26. The van der Waals surface area contributed by atoms with Gasteiger partial charge in [0, 0.05) is 37.9 Å². The lowest BCUT2D eigenvalue weighted by Gasteiger charge is -2.26. The van der Waals surface area contributed by atoms with Gasteiger partial charge in [-0.1, -0.05) is 12.1 Å². The summed E-state index contributed by atoms with van der Waals surface area (Å²) in [6.45, 7) is 8.52. The standard InChI is InChI=1S/C21H29N5O2/c27-21(19-5-3-4-18(14-19)16-25-6-1-2-7-25)23-20-15-22-26(17-20)9-8-24-10-12-28-13-11-24/h3-5,14-15,17H,1-2,6-13,16H2,(H,23,27). The second kappa shape index (κ2) is 9.32. The molecule has 1 amide bonds. The molecule has 28 heavy (non-hydrogen) atoms. The van der Waals surface area contributed by atoms with Gasteiger partial charge in [-0.2, -0.15) is 5.10 Å². The SMILES string of the molecule is O=C(Nc1cnn(CCN2CCOCC2)c1)c1cccc(CN2CCCC2)c1. The summed E-state index contributed by atoms with van der Waals surface area (Å²) in [5.74, 6) is -0.0870. The van der Waals surface area contributed by atoms with Crippen LogP contribution in [-0.4, -0.2) is 71.4 Å². The number of nitrogens with zero attached hydrogens (tertiary/aromatic N) is 4. The van der Waals surface area contributed by atoms with Crippen LogP contribution < -0.4 is 5.32 Å². The molecule has 1 N–H and O–H groups in total. The van der Waals surface area contributed by atoms with Crippen molar-refractivity contribution < 1.29 is 9.53 Å². The van der Waals surface area contributed by atoms with Crippen molar-refractivity contribution in [3.05, 3.63) is 47.8 Å². The Labute approximate surface area is 166 Å². The number of carbonyl (C=O) groups excluding carboxylic acids is 1. The van der Waals surface area contributed by atoms with E-state index in [0.717, 1.165) is 64.7 Å². The van der Waals surface area contributed by atoms with Crippen LogP contribution in [-0.2, 0) is 17.8 Å². The molecule has 0 atom stereocenters. The predicted octanol–water partition coefficient (Wildman–Crippen LogP) is 2.06. The Bertz CT molecular complexity index is 779. The summed E-state index contributed by atoms with van der Waals surface area (Å²) in [6.07, 6.45) is 6.16. The molecule has 2 aliphatic rings. The van der Waals surface area contributed by atoms with Crippen molar-refractivity contribution in [1.82, 2.24) is 19.6 Å². The van der Waals surface area contributed by atoms with Crippen molar-refractivity contribution in [3.8, 4) is 0 Å². The molecule has 0 bridgehead atoms. The van der Waals surface area contributed by atoms with E-state index in [0.29, 0.717) is 5.56 Å². The van der Waals surface area contributed by atoms with Crippen LogP contribution in [0.1, 0.15) is 28.8 Å². The van der Waals surface area contributed by atoms with Crippen molar-refractivity contribution in [1.29, 1.82) is 0 Å². The number of carbonyl (C=O) groups is 1. The second-order valence-electron chi connectivity index (χ2n) is 7.58. The summed E-state index contributed by atoms with van der Waals surface area (Å²) in [5, 5.41) is 7.34. The topological polar surface area (TPSA) is 62.6 Å². The van der Waals surface area contributed by atoms with Gasteiger partial charge in [0.25, 0.3) is 5.91 Å². The van der Waals surface area contributed by atoms with Gasteiger partial charge >= 0.3 is 0 Å². The summed E-state index contributed by atoms with van der Waals surface area (Å²) in [4.78, 5) is 17.4. The van der Waals surface area contributed by atoms with Gasteiger partial charge in [0.15, 0.2) is 0 Å². The Kier molecular flexibility index (Phi) is 6.36. The Balaban J connectivity index is 1.30. The third-order valence-corrected chi connectivity index (χ3v) is 5.43. The maximum absolute atomic E-state index is 12.6. The van der Waals surface area contributed by atoms with Crippen LogP contribution in [0.2, 0.25) is 0 Å². The number of hydrogen-bond acceptors (Lipinski definition) is 5. The minimum absolute atomic E-state index is 0.0870. The molecule has 0 radical (unpaired) electrons. The van der Waals surface area contributed by atoms with Gasteiger partial charge in [-0.15, -0.1) is 0 Å². The van der Waals surface area contributed by atoms with E-state index in [2.05, 4.69) is 26.3 Å². The molecular weight excluding hydrogens is 354 g/mol. The normalized spacial score (nSPS) is 18.4. The molecule has 0 unspecified atom stereocenters. The molecule has 2 aliphatic heterocycles. The van der Waals surface area contributed by atoms with E-state index in [4.69, 9.17) is 4.74 Å². The summed E-state index contributed by atoms with van der Waals surface area (Å²) in [6, 6.07) is 7.92. The summed E-state index contributed by atoms with van der Waals surface area (Å²) in [7, 11) is 0. The molecule has 2 saturated heterocycles. The van der Waals surface area contributed by atoms with Gasteiger partial charge in [-0.25, -0.2) is 0 Å². The Hall–Kier alpha value is -2.22. The Morgan fingerprint density at radius 1 is 1.07 bits per heavy atom. The van der Waals surface area contributed by atoms with Crippen LogP contribution in [0.15, 0.2) is 36.7 Å². The number of hydrogen-bond donors (Lipinski definition) is 1. The van der Waals surface area contributed by atoms with Crippen molar-refractivity contribution >= 4 is 11.6 Å². The van der Waals surface area contributed by atoms with Gasteiger partial charge in [-0.05, 0) is 43.6 Å². The molecule has 2 aromatic rings. The highest BCUT2D eigenvalue weighted by molar-refractivity contribution is 6.04. The predicted molar refractivity (Wildman–Crippen MR) is 108 cm³/mol. The molecule has 0 saturated carbocycles. The average molecular weight is 383 g/mol. The lowest BCUT2D eigenvalue weighted by atomic mass is 10.1. The first kappa shape index (κ1) is 19.1. The lowest BCUT2D eigenvalue weighted by Crippen LogP contribution is -2.38. The van der Waals surface area contributed by atoms with E-state index in [1.165, 1.54) is 18.4 Å². The molecule has 4 rings (SSSR count). The van der Waals surface area contributed by atoms with Crippen LogP contribution >= 0.6 is 0 Å². The molecule has 7 nitrogen and oxygen atoms in total. The van der Waals surface area contributed by atoms with Gasteiger partial charge < -0.3 is 10.1 Å². The molecule has 150 valence electrons. The molecule has 2 fully saturated rings. The molecule has 3 heterocycles. The van der Waals surface area contributed by atoms with E-state index in [1.54, 1.807) is 6.20 Å². The zero-order chi connectivity index (χ0) is 19.2. The number of rotatable bonds is 7. The van der Waals surface area contributed by atoms with Crippen LogP contribution in [0.3, 0.4) is 0 Å². The van der Waals surface area contributed by atoms with Crippen molar-refractivity contribution in [3.63, 3.8) is 0 Å².